The van der Waals surface area contributed by atoms with E-state index in [-0.39, 0.29) is 5.95 Å². The Morgan fingerprint density at radius 2 is 1.34 bits per heavy atom. The highest BCUT2D eigenvalue weighted by Crippen LogP contribution is 2.30. The molecular formula is C24H28F3N7O. The van der Waals surface area contributed by atoms with E-state index in [0.717, 1.165) is 36.6 Å². The maximum Gasteiger partial charge on any atom is 0.416 e. The van der Waals surface area contributed by atoms with Crippen LogP contribution in [0.3, 0.4) is 0 Å². The van der Waals surface area contributed by atoms with Crippen LogP contribution in [-0.4, -0.2) is 54.3 Å². The van der Waals surface area contributed by atoms with Gasteiger partial charge >= 0.3 is 6.18 Å². The summed E-state index contributed by atoms with van der Waals surface area (Å²) in [6, 6.07) is 12.7. The molecule has 186 valence electrons. The highest BCUT2D eigenvalue weighted by atomic mass is 19.4. The fourth-order valence-corrected chi connectivity index (χ4v) is 3.70. The molecule has 1 saturated heterocycles. The van der Waals surface area contributed by atoms with Crippen molar-refractivity contribution in [3.8, 4) is 0 Å². The van der Waals surface area contributed by atoms with E-state index >= 15 is 0 Å². The third-order valence-corrected chi connectivity index (χ3v) is 5.64. The van der Waals surface area contributed by atoms with Crippen LogP contribution < -0.4 is 20.4 Å². The van der Waals surface area contributed by atoms with Crippen molar-refractivity contribution < 1.29 is 17.9 Å². The average molecular weight is 488 g/mol. The quantitative estimate of drug-likeness (QED) is 0.457. The topological polar surface area (TPSA) is 78.4 Å². The Morgan fingerprint density at radius 1 is 0.829 bits per heavy atom. The third-order valence-electron chi connectivity index (χ3n) is 5.64. The molecule has 2 N–H and O–H groups in total. The number of nitrogens with one attached hydrogen (secondary N) is 2. The van der Waals surface area contributed by atoms with E-state index in [4.69, 9.17) is 4.74 Å². The Labute approximate surface area is 202 Å². The van der Waals surface area contributed by atoms with E-state index < -0.39 is 11.7 Å². The van der Waals surface area contributed by atoms with Gasteiger partial charge in [0, 0.05) is 43.2 Å². The van der Waals surface area contributed by atoms with E-state index in [1.54, 1.807) is 0 Å². The second-order valence-corrected chi connectivity index (χ2v) is 7.93. The molecule has 35 heavy (non-hydrogen) atoms. The van der Waals surface area contributed by atoms with Crippen LogP contribution >= 0.6 is 0 Å². The highest BCUT2D eigenvalue weighted by molar-refractivity contribution is 5.62. The summed E-state index contributed by atoms with van der Waals surface area (Å²) in [6.45, 7) is 8.50. The zero-order valence-electron chi connectivity index (χ0n) is 19.6. The molecule has 0 amide bonds. The van der Waals surface area contributed by atoms with Crippen molar-refractivity contribution in [2.75, 3.05) is 59.8 Å². The fraction of sp³-hybridized carbons (Fsp3) is 0.375. The van der Waals surface area contributed by atoms with Gasteiger partial charge in [-0.3, -0.25) is 0 Å². The number of halogens is 3. The molecule has 11 heteroatoms. The summed E-state index contributed by atoms with van der Waals surface area (Å²) in [5.41, 5.74) is 1.64. The lowest BCUT2D eigenvalue weighted by Gasteiger charge is -2.28. The van der Waals surface area contributed by atoms with Crippen molar-refractivity contribution in [3.05, 3.63) is 54.1 Å². The van der Waals surface area contributed by atoms with Crippen molar-refractivity contribution in [2.45, 2.75) is 20.0 Å². The van der Waals surface area contributed by atoms with Gasteiger partial charge in [-0.25, -0.2) is 0 Å². The summed E-state index contributed by atoms with van der Waals surface area (Å²) in [5, 5.41) is 6.20. The Bertz CT molecular complexity index is 1100. The summed E-state index contributed by atoms with van der Waals surface area (Å²) in [6.07, 6.45) is -4.39. The van der Waals surface area contributed by atoms with Gasteiger partial charge in [-0.05, 0) is 62.4 Å². The number of hydrogen-bond acceptors (Lipinski definition) is 8. The maximum absolute atomic E-state index is 12.9. The molecule has 0 spiro atoms. The zero-order valence-corrected chi connectivity index (χ0v) is 19.6. The molecule has 1 aliphatic heterocycles. The lowest BCUT2D eigenvalue weighted by molar-refractivity contribution is -0.137. The molecule has 1 aliphatic rings. The summed E-state index contributed by atoms with van der Waals surface area (Å²) in [5.74, 6) is 1.02. The van der Waals surface area contributed by atoms with E-state index in [2.05, 4.69) is 30.5 Å². The molecule has 3 aromatic rings. The number of hydrogen-bond donors (Lipinski definition) is 2. The zero-order chi connectivity index (χ0) is 24.8. The normalized spacial score (nSPS) is 14.0. The van der Waals surface area contributed by atoms with Gasteiger partial charge in [-0.2, -0.15) is 28.1 Å². The number of aromatic nitrogens is 3. The van der Waals surface area contributed by atoms with Crippen LogP contribution in [0.4, 0.5) is 48.1 Å². The Hall–Kier alpha value is -3.60. The van der Waals surface area contributed by atoms with E-state index in [1.807, 2.05) is 43.0 Å². The molecule has 2 aromatic carbocycles. The lowest BCUT2D eigenvalue weighted by atomic mass is 10.2. The van der Waals surface area contributed by atoms with Gasteiger partial charge in [0.1, 0.15) is 0 Å². The number of rotatable bonds is 8. The molecule has 8 nitrogen and oxygen atoms in total. The second kappa shape index (κ2) is 10.8. The van der Waals surface area contributed by atoms with Crippen LogP contribution in [0.2, 0.25) is 0 Å². The van der Waals surface area contributed by atoms with Crippen molar-refractivity contribution >= 4 is 34.9 Å². The minimum atomic E-state index is -4.39. The molecule has 0 bridgehead atoms. The van der Waals surface area contributed by atoms with E-state index in [0.29, 0.717) is 43.9 Å². The van der Waals surface area contributed by atoms with Gasteiger partial charge < -0.3 is 25.2 Å². The van der Waals surface area contributed by atoms with Crippen LogP contribution in [0.5, 0.6) is 0 Å². The van der Waals surface area contributed by atoms with E-state index in [1.165, 1.54) is 12.1 Å². The molecule has 2 heterocycles. The Balaban J connectivity index is 1.55. The van der Waals surface area contributed by atoms with Crippen LogP contribution in [0.25, 0.3) is 0 Å². The predicted octanol–water partition coefficient (Wildman–Crippen LogP) is 5.06. The molecule has 0 atom stereocenters. The molecule has 0 saturated carbocycles. The van der Waals surface area contributed by atoms with Crippen LogP contribution in [0.15, 0.2) is 48.5 Å². The highest BCUT2D eigenvalue weighted by Gasteiger charge is 2.30. The number of nitrogens with zero attached hydrogens (tertiary/aromatic N) is 5. The number of benzene rings is 2. The Kier molecular flexibility index (Phi) is 7.54. The van der Waals surface area contributed by atoms with Gasteiger partial charge in [-0.1, -0.05) is 0 Å². The standard InChI is InChI=1S/C24H28F3N7O/c1-3-33(4-2)23-31-21(28-18-7-5-17(6-8-18)24(25,26)27)30-22(32-23)29-19-9-11-20(12-10-19)34-13-15-35-16-14-34/h5-12H,3-4,13-16H2,1-2H3,(H2,28,29,30,31,32). The molecule has 4 rings (SSSR count). The largest absolute Gasteiger partial charge is 0.416 e. The van der Waals surface area contributed by atoms with Crippen molar-refractivity contribution in [1.82, 2.24) is 15.0 Å². The van der Waals surface area contributed by atoms with Gasteiger partial charge in [0.15, 0.2) is 0 Å². The van der Waals surface area contributed by atoms with Crippen molar-refractivity contribution in [3.63, 3.8) is 0 Å². The number of ether oxygens (including phenoxy) is 1. The minimum absolute atomic E-state index is 0.231. The molecule has 0 aliphatic carbocycles. The lowest BCUT2D eigenvalue weighted by Crippen LogP contribution is -2.36. The smallest absolute Gasteiger partial charge is 0.378 e. The monoisotopic (exact) mass is 487 g/mol. The van der Waals surface area contributed by atoms with Crippen molar-refractivity contribution in [1.29, 1.82) is 0 Å². The first-order chi connectivity index (χ1) is 16.9. The summed E-state index contributed by atoms with van der Waals surface area (Å²) >= 11 is 0. The van der Waals surface area contributed by atoms with E-state index in [9.17, 15) is 13.2 Å². The number of morpholine rings is 1. The number of anilines is 6. The molecule has 1 aromatic heterocycles. The molecule has 0 radical (unpaired) electrons. The van der Waals surface area contributed by atoms with Crippen molar-refractivity contribution in [2.24, 2.45) is 0 Å². The first-order valence-electron chi connectivity index (χ1n) is 11.5. The second-order valence-electron chi connectivity index (χ2n) is 7.93. The first-order valence-corrected chi connectivity index (χ1v) is 11.5. The van der Waals surface area contributed by atoms with Crippen LogP contribution in [-0.2, 0) is 10.9 Å². The summed E-state index contributed by atoms with van der Waals surface area (Å²) in [7, 11) is 0. The minimum Gasteiger partial charge on any atom is -0.378 e. The fourth-order valence-electron chi connectivity index (χ4n) is 3.70. The first kappa shape index (κ1) is 24.5. The molecule has 0 unspecified atom stereocenters. The van der Waals surface area contributed by atoms with Crippen LogP contribution in [0, 0.1) is 0 Å². The summed E-state index contributed by atoms with van der Waals surface area (Å²) < 4.78 is 44.1. The molecule has 1 fully saturated rings. The van der Waals surface area contributed by atoms with Gasteiger partial charge in [-0.15, -0.1) is 0 Å². The average Bonchev–Trinajstić information content (AvgIpc) is 2.85. The van der Waals surface area contributed by atoms with Crippen LogP contribution in [0.1, 0.15) is 19.4 Å². The van der Waals surface area contributed by atoms with Gasteiger partial charge in [0.05, 0.1) is 18.8 Å². The third kappa shape index (κ3) is 6.30. The van der Waals surface area contributed by atoms with Gasteiger partial charge in [0.25, 0.3) is 0 Å². The predicted molar refractivity (Wildman–Crippen MR) is 131 cm³/mol. The SMILES string of the molecule is CCN(CC)c1nc(Nc2ccc(N3CCOCC3)cc2)nc(Nc2ccc(C(F)(F)F)cc2)n1. The maximum atomic E-state index is 12.9. The number of alkyl halides is 3. The van der Waals surface area contributed by atoms with Gasteiger partial charge in [0.2, 0.25) is 17.8 Å². The molecular weight excluding hydrogens is 459 g/mol. The summed E-state index contributed by atoms with van der Waals surface area (Å²) in [4.78, 5) is 17.7. The Morgan fingerprint density at radius 3 is 1.83 bits per heavy atom.